The molecule has 0 spiro atoms. The minimum absolute atomic E-state index is 0.214. The topological polar surface area (TPSA) is 21.3 Å². The molecule has 3 heteroatoms. The van der Waals surface area contributed by atoms with Crippen molar-refractivity contribution in [1.29, 1.82) is 0 Å². The van der Waals surface area contributed by atoms with Gasteiger partial charge in [-0.15, -0.1) is 0 Å². The second-order valence-corrected chi connectivity index (χ2v) is 4.42. The third-order valence-electron chi connectivity index (χ3n) is 2.81. The Balaban J connectivity index is 2.12. The van der Waals surface area contributed by atoms with E-state index < -0.39 is 0 Å². The number of anilines is 1. The summed E-state index contributed by atoms with van der Waals surface area (Å²) in [4.78, 5) is 0. The molecule has 2 nitrogen and oxygen atoms in total. The maximum Gasteiger partial charge on any atom is 0.142 e. The van der Waals surface area contributed by atoms with Crippen LogP contribution in [0.5, 0.6) is 5.75 Å². The van der Waals surface area contributed by atoms with Crippen molar-refractivity contribution in [2.24, 2.45) is 0 Å². The van der Waals surface area contributed by atoms with Crippen LogP contribution in [0.4, 0.5) is 10.1 Å². The third kappa shape index (κ3) is 3.71. The molecule has 1 N–H and O–H groups in total. The van der Waals surface area contributed by atoms with Crippen LogP contribution in [0.1, 0.15) is 18.1 Å². The Morgan fingerprint density at radius 1 is 1.16 bits per heavy atom. The number of hydrogen-bond donors (Lipinski definition) is 1. The van der Waals surface area contributed by atoms with Crippen LogP contribution in [-0.2, 0) is 6.54 Å². The van der Waals surface area contributed by atoms with Crippen molar-refractivity contribution >= 4 is 5.69 Å². The Bertz CT molecular complexity index is 554. The zero-order valence-electron chi connectivity index (χ0n) is 11.2. The van der Waals surface area contributed by atoms with Gasteiger partial charge < -0.3 is 10.1 Å². The van der Waals surface area contributed by atoms with Crippen molar-refractivity contribution in [2.45, 2.75) is 20.4 Å². The molecule has 100 valence electrons. The molecule has 0 atom stereocenters. The molecule has 0 saturated carbocycles. The standard InChI is InChI=1S/C16H18FNO/c1-3-19-16-8-7-12(2)9-15(16)18-11-13-5-4-6-14(17)10-13/h4-10,18H,3,11H2,1-2H3. The van der Waals surface area contributed by atoms with Gasteiger partial charge in [-0.3, -0.25) is 0 Å². The monoisotopic (exact) mass is 259 g/mol. The molecule has 0 heterocycles. The lowest BCUT2D eigenvalue weighted by molar-refractivity contribution is 0.341. The Kier molecular flexibility index (Phi) is 4.39. The molecular formula is C16H18FNO. The highest BCUT2D eigenvalue weighted by Gasteiger charge is 2.04. The number of hydrogen-bond acceptors (Lipinski definition) is 2. The first-order valence-electron chi connectivity index (χ1n) is 6.41. The second kappa shape index (κ2) is 6.23. The highest BCUT2D eigenvalue weighted by atomic mass is 19.1. The number of aryl methyl sites for hydroxylation is 1. The molecule has 0 aliphatic carbocycles. The van der Waals surface area contributed by atoms with Gasteiger partial charge >= 0.3 is 0 Å². The van der Waals surface area contributed by atoms with Crippen LogP contribution < -0.4 is 10.1 Å². The summed E-state index contributed by atoms with van der Waals surface area (Å²) < 4.78 is 18.7. The van der Waals surface area contributed by atoms with Gasteiger partial charge in [0.05, 0.1) is 12.3 Å². The largest absolute Gasteiger partial charge is 0.492 e. The van der Waals surface area contributed by atoms with Crippen LogP contribution in [0.25, 0.3) is 0 Å². The number of benzene rings is 2. The number of rotatable bonds is 5. The Hall–Kier alpha value is -2.03. The summed E-state index contributed by atoms with van der Waals surface area (Å²) in [7, 11) is 0. The van der Waals surface area contributed by atoms with E-state index in [2.05, 4.69) is 5.32 Å². The summed E-state index contributed by atoms with van der Waals surface area (Å²) in [6, 6.07) is 12.6. The van der Waals surface area contributed by atoms with Crippen LogP contribution >= 0.6 is 0 Å². The first-order valence-corrected chi connectivity index (χ1v) is 6.41. The van der Waals surface area contributed by atoms with Crippen molar-refractivity contribution in [1.82, 2.24) is 0 Å². The van der Waals surface area contributed by atoms with Gasteiger partial charge in [0.15, 0.2) is 0 Å². The molecule has 19 heavy (non-hydrogen) atoms. The fourth-order valence-corrected chi connectivity index (χ4v) is 1.91. The molecule has 0 bridgehead atoms. The van der Waals surface area contributed by atoms with E-state index in [1.165, 1.54) is 12.1 Å². The molecule has 0 aromatic heterocycles. The third-order valence-corrected chi connectivity index (χ3v) is 2.81. The van der Waals surface area contributed by atoms with Crippen LogP contribution in [0.15, 0.2) is 42.5 Å². The fraction of sp³-hybridized carbons (Fsp3) is 0.250. The van der Waals surface area contributed by atoms with Gasteiger partial charge in [-0.25, -0.2) is 4.39 Å². The lowest BCUT2D eigenvalue weighted by atomic mass is 10.2. The molecule has 0 unspecified atom stereocenters. The summed E-state index contributed by atoms with van der Waals surface area (Å²) in [5.41, 5.74) is 3.00. The molecule has 2 rings (SSSR count). The minimum Gasteiger partial charge on any atom is -0.492 e. The normalized spacial score (nSPS) is 10.3. The average Bonchev–Trinajstić information content (AvgIpc) is 2.39. The molecule has 0 fully saturated rings. The SMILES string of the molecule is CCOc1ccc(C)cc1NCc1cccc(F)c1. The second-order valence-electron chi connectivity index (χ2n) is 4.42. The van der Waals surface area contributed by atoms with E-state index in [-0.39, 0.29) is 5.82 Å². The molecule has 0 aliphatic rings. The maximum absolute atomic E-state index is 13.1. The van der Waals surface area contributed by atoms with Gasteiger partial charge in [0, 0.05) is 6.54 Å². The lowest BCUT2D eigenvalue weighted by Crippen LogP contribution is -2.03. The number of halogens is 1. The van der Waals surface area contributed by atoms with Gasteiger partial charge in [0.25, 0.3) is 0 Å². The van der Waals surface area contributed by atoms with E-state index in [9.17, 15) is 4.39 Å². The highest BCUT2D eigenvalue weighted by molar-refractivity contribution is 5.58. The molecular weight excluding hydrogens is 241 g/mol. The fourth-order valence-electron chi connectivity index (χ4n) is 1.91. The summed E-state index contributed by atoms with van der Waals surface area (Å²) in [5.74, 6) is 0.609. The predicted octanol–water partition coefficient (Wildman–Crippen LogP) is 4.14. The summed E-state index contributed by atoms with van der Waals surface area (Å²) in [6.45, 7) is 5.18. The predicted molar refractivity (Wildman–Crippen MR) is 76.1 cm³/mol. The van der Waals surface area contributed by atoms with Gasteiger partial charge in [-0.2, -0.15) is 0 Å². The van der Waals surface area contributed by atoms with Gasteiger partial charge in [-0.1, -0.05) is 18.2 Å². The van der Waals surface area contributed by atoms with Crippen molar-refractivity contribution in [3.8, 4) is 5.75 Å². The Morgan fingerprint density at radius 3 is 2.74 bits per heavy atom. The van der Waals surface area contributed by atoms with E-state index in [0.29, 0.717) is 13.2 Å². The van der Waals surface area contributed by atoms with E-state index >= 15 is 0 Å². The summed E-state index contributed by atoms with van der Waals surface area (Å²) in [5, 5.41) is 3.29. The quantitative estimate of drug-likeness (QED) is 0.871. The zero-order chi connectivity index (χ0) is 13.7. The first kappa shape index (κ1) is 13.4. The lowest BCUT2D eigenvalue weighted by Gasteiger charge is -2.13. The van der Waals surface area contributed by atoms with Crippen LogP contribution in [0.2, 0.25) is 0 Å². The van der Waals surface area contributed by atoms with Crippen molar-refractivity contribution in [3.63, 3.8) is 0 Å². The minimum atomic E-state index is -0.214. The van der Waals surface area contributed by atoms with Crippen molar-refractivity contribution < 1.29 is 9.13 Å². The molecule has 0 amide bonds. The maximum atomic E-state index is 13.1. The van der Waals surface area contributed by atoms with E-state index in [0.717, 1.165) is 22.6 Å². The molecule has 0 radical (unpaired) electrons. The van der Waals surface area contributed by atoms with Gasteiger partial charge in [-0.05, 0) is 49.2 Å². The molecule has 2 aromatic carbocycles. The Labute approximate surface area is 113 Å². The first-order chi connectivity index (χ1) is 9.19. The molecule has 2 aromatic rings. The Morgan fingerprint density at radius 2 is 2.00 bits per heavy atom. The van der Waals surface area contributed by atoms with E-state index in [1.807, 2.05) is 38.1 Å². The summed E-state index contributed by atoms with van der Waals surface area (Å²) in [6.07, 6.45) is 0. The molecule has 0 aliphatic heterocycles. The van der Waals surface area contributed by atoms with Crippen LogP contribution in [0.3, 0.4) is 0 Å². The van der Waals surface area contributed by atoms with Crippen molar-refractivity contribution in [3.05, 3.63) is 59.4 Å². The van der Waals surface area contributed by atoms with Crippen LogP contribution in [-0.4, -0.2) is 6.61 Å². The average molecular weight is 259 g/mol. The zero-order valence-corrected chi connectivity index (χ0v) is 11.2. The van der Waals surface area contributed by atoms with E-state index in [4.69, 9.17) is 4.74 Å². The smallest absolute Gasteiger partial charge is 0.142 e. The number of nitrogens with one attached hydrogen (secondary N) is 1. The van der Waals surface area contributed by atoms with Crippen LogP contribution in [0, 0.1) is 12.7 Å². The van der Waals surface area contributed by atoms with Gasteiger partial charge in [0.1, 0.15) is 11.6 Å². The highest BCUT2D eigenvalue weighted by Crippen LogP contribution is 2.26. The van der Waals surface area contributed by atoms with Crippen molar-refractivity contribution in [2.75, 3.05) is 11.9 Å². The molecule has 0 saturated heterocycles. The number of ether oxygens (including phenoxy) is 1. The summed E-state index contributed by atoms with van der Waals surface area (Å²) >= 11 is 0. The van der Waals surface area contributed by atoms with E-state index in [1.54, 1.807) is 6.07 Å². The van der Waals surface area contributed by atoms with Gasteiger partial charge in [0.2, 0.25) is 0 Å².